The fourth-order valence-electron chi connectivity index (χ4n) is 1.98. The fourth-order valence-corrected chi connectivity index (χ4v) is 1.98. The summed E-state index contributed by atoms with van der Waals surface area (Å²) in [5.41, 5.74) is 0.867. The summed E-state index contributed by atoms with van der Waals surface area (Å²) in [5, 5.41) is 9.86. The molecule has 0 saturated heterocycles. The summed E-state index contributed by atoms with van der Waals surface area (Å²) in [6, 6.07) is 7.44. The third-order valence-electron chi connectivity index (χ3n) is 2.83. The van der Waals surface area contributed by atoms with Crippen LogP contribution >= 0.6 is 0 Å². The molecule has 2 atom stereocenters. The van der Waals surface area contributed by atoms with E-state index in [1.807, 2.05) is 24.3 Å². The molecule has 0 saturated carbocycles. The van der Waals surface area contributed by atoms with E-state index in [-0.39, 0.29) is 5.92 Å². The third kappa shape index (κ3) is 1.88. The highest BCUT2D eigenvalue weighted by molar-refractivity contribution is 5.76. The molecule has 1 aliphatic heterocycles. The molecule has 16 heavy (non-hydrogen) atoms. The summed E-state index contributed by atoms with van der Waals surface area (Å²) in [4.78, 5) is 11.3. The number of aliphatic hydroxyl groups is 1. The molecular weight excluding hydrogens is 208 g/mol. The predicted molar refractivity (Wildman–Crippen MR) is 57.3 cm³/mol. The van der Waals surface area contributed by atoms with Crippen molar-refractivity contribution in [1.29, 1.82) is 0 Å². The van der Waals surface area contributed by atoms with Crippen molar-refractivity contribution in [2.75, 3.05) is 13.7 Å². The first-order valence-corrected chi connectivity index (χ1v) is 5.21. The molecule has 0 radical (unpaired) electrons. The van der Waals surface area contributed by atoms with E-state index in [2.05, 4.69) is 4.74 Å². The lowest BCUT2D eigenvalue weighted by molar-refractivity contribution is -0.152. The lowest BCUT2D eigenvalue weighted by atomic mass is 9.88. The number of rotatable bonds is 2. The van der Waals surface area contributed by atoms with Gasteiger partial charge in [-0.3, -0.25) is 0 Å². The van der Waals surface area contributed by atoms with Crippen LogP contribution in [-0.2, 0) is 9.53 Å². The lowest BCUT2D eigenvalue weighted by Crippen LogP contribution is -2.32. The van der Waals surface area contributed by atoms with E-state index >= 15 is 0 Å². The number of carbonyl (C=O) groups is 1. The van der Waals surface area contributed by atoms with Crippen LogP contribution in [0.5, 0.6) is 5.75 Å². The Bertz CT molecular complexity index is 388. The van der Waals surface area contributed by atoms with Gasteiger partial charge in [0.15, 0.2) is 6.10 Å². The summed E-state index contributed by atoms with van der Waals surface area (Å²) in [5.74, 6) is -0.0965. The zero-order valence-corrected chi connectivity index (χ0v) is 9.05. The Hall–Kier alpha value is -1.55. The normalized spacial score (nSPS) is 20.5. The quantitative estimate of drug-likeness (QED) is 0.761. The molecule has 2 rings (SSSR count). The summed E-state index contributed by atoms with van der Waals surface area (Å²) in [6.07, 6.45) is -0.497. The monoisotopic (exact) mass is 222 g/mol. The summed E-state index contributed by atoms with van der Waals surface area (Å²) >= 11 is 0. The van der Waals surface area contributed by atoms with Crippen LogP contribution < -0.4 is 4.74 Å². The van der Waals surface area contributed by atoms with Crippen LogP contribution in [0.4, 0.5) is 0 Å². The van der Waals surface area contributed by atoms with Gasteiger partial charge in [-0.05, 0) is 12.5 Å². The van der Waals surface area contributed by atoms with Gasteiger partial charge in [-0.2, -0.15) is 0 Å². The Labute approximate surface area is 93.8 Å². The molecular formula is C12H14O4. The van der Waals surface area contributed by atoms with Gasteiger partial charge in [0, 0.05) is 11.5 Å². The maximum Gasteiger partial charge on any atom is 0.335 e. The van der Waals surface area contributed by atoms with Crippen LogP contribution in [0, 0.1) is 0 Å². The van der Waals surface area contributed by atoms with E-state index in [4.69, 9.17) is 4.74 Å². The third-order valence-corrected chi connectivity index (χ3v) is 2.83. The molecule has 0 aromatic heterocycles. The van der Waals surface area contributed by atoms with Crippen molar-refractivity contribution in [2.45, 2.75) is 18.4 Å². The largest absolute Gasteiger partial charge is 0.493 e. The molecule has 0 aliphatic carbocycles. The maximum absolute atomic E-state index is 11.3. The van der Waals surface area contributed by atoms with Gasteiger partial charge in [-0.25, -0.2) is 4.79 Å². The van der Waals surface area contributed by atoms with E-state index in [0.29, 0.717) is 13.0 Å². The first kappa shape index (κ1) is 11.0. The molecule has 2 unspecified atom stereocenters. The molecule has 1 aliphatic rings. The molecule has 1 aromatic rings. The second-order valence-corrected chi connectivity index (χ2v) is 3.75. The van der Waals surface area contributed by atoms with Crippen molar-refractivity contribution in [2.24, 2.45) is 0 Å². The predicted octanol–water partition coefficient (Wildman–Crippen LogP) is 1.09. The van der Waals surface area contributed by atoms with Gasteiger partial charge in [0.25, 0.3) is 0 Å². The van der Waals surface area contributed by atoms with Gasteiger partial charge in [0.05, 0.1) is 13.7 Å². The Morgan fingerprint density at radius 2 is 2.31 bits per heavy atom. The first-order valence-electron chi connectivity index (χ1n) is 5.21. The molecule has 0 bridgehead atoms. The standard InChI is InChI=1S/C12H14O4/c1-15-12(14)11(13)9-6-7-16-10-5-3-2-4-8(9)10/h2-5,9,11,13H,6-7H2,1H3. The van der Waals surface area contributed by atoms with E-state index in [1.165, 1.54) is 7.11 Å². The molecule has 0 amide bonds. The number of fused-ring (bicyclic) bond motifs is 1. The molecule has 4 nitrogen and oxygen atoms in total. The van der Waals surface area contributed by atoms with Gasteiger partial charge >= 0.3 is 5.97 Å². The Morgan fingerprint density at radius 1 is 1.56 bits per heavy atom. The topological polar surface area (TPSA) is 55.8 Å². The van der Waals surface area contributed by atoms with Crippen molar-refractivity contribution < 1.29 is 19.4 Å². The van der Waals surface area contributed by atoms with Crippen molar-refractivity contribution in [3.05, 3.63) is 29.8 Å². The number of methoxy groups -OCH3 is 1. The van der Waals surface area contributed by atoms with E-state index < -0.39 is 12.1 Å². The molecule has 4 heteroatoms. The summed E-state index contributed by atoms with van der Waals surface area (Å²) in [7, 11) is 1.27. The minimum absolute atomic E-state index is 0.239. The molecule has 86 valence electrons. The van der Waals surface area contributed by atoms with E-state index in [9.17, 15) is 9.90 Å². The Kier molecular flexibility index (Phi) is 3.10. The van der Waals surface area contributed by atoms with Crippen LogP contribution in [0.15, 0.2) is 24.3 Å². The Morgan fingerprint density at radius 3 is 3.06 bits per heavy atom. The minimum atomic E-state index is -1.12. The second kappa shape index (κ2) is 4.53. The van der Waals surface area contributed by atoms with Gasteiger partial charge in [-0.15, -0.1) is 0 Å². The summed E-state index contributed by atoms with van der Waals surface area (Å²) in [6.45, 7) is 0.510. The number of ether oxygens (including phenoxy) is 2. The second-order valence-electron chi connectivity index (χ2n) is 3.75. The van der Waals surface area contributed by atoms with E-state index in [0.717, 1.165) is 11.3 Å². The maximum atomic E-state index is 11.3. The Balaban J connectivity index is 2.28. The van der Waals surface area contributed by atoms with Gasteiger partial charge in [0.2, 0.25) is 0 Å². The number of benzene rings is 1. The van der Waals surface area contributed by atoms with Gasteiger partial charge in [0.1, 0.15) is 5.75 Å². The lowest BCUT2D eigenvalue weighted by Gasteiger charge is -2.28. The average Bonchev–Trinajstić information content (AvgIpc) is 2.36. The van der Waals surface area contributed by atoms with Crippen molar-refractivity contribution in [1.82, 2.24) is 0 Å². The van der Waals surface area contributed by atoms with Gasteiger partial charge < -0.3 is 14.6 Å². The molecule has 0 fully saturated rings. The number of esters is 1. The fraction of sp³-hybridized carbons (Fsp3) is 0.417. The average molecular weight is 222 g/mol. The highest BCUT2D eigenvalue weighted by atomic mass is 16.5. The van der Waals surface area contributed by atoms with Crippen molar-refractivity contribution >= 4 is 5.97 Å². The highest BCUT2D eigenvalue weighted by Crippen LogP contribution is 2.35. The van der Waals surface area contributed by atoms with Crippen LogP contribution in [-0.4, -0.2) is 30.9 Å². The number of carbonyl (C=O) groups excluding carboxylic acids is 1. The highest BCUT2D eigenvalue weighted by Gasteiger charge is 2.32. The summed E-state index contributed by atoms with van der Waals surface area (Å²) < 4.78 is 10.0. The first-order chi connectivity index (χ1) is 7.74. The number of aliphatic hydroxyl groups excluding tert-OH is 1. The van der Waals surface area contributed by atoms with Crippen molar-refractivity contribution in [3.8, 4) is 5.75 Å². The smallest absolute Gasteiger partial charge is 0.335 e. The van der Waals surface area contributed by atoms with E-state index in [1.54, 1.807) is 0 Å². The molecule has 1 aromatic carbocycles. The van der Waals surface area contributed by atoms with Gasteiger partial charge in [-0.1, -0.05) is 18.2 Å². The number of hydrogen-bond acceptors (Lipinski definition) is 4. The van der Waals surface area contributed by atoms with Crippen LogP contribution in [0.3, 0.4) is 0 Å². The minimum Gasteiger partial charge on any atom is -0.493 e. The molecule has 1 N–H and O–H groups in total. The number of para-hydroxylation sites is 1. The van der Waals surface area contributed by atoms with Crippen LogP contribution in [0.2, 0.25) is 0 Å². The SMILES string of the molecule is COC(=O)C(O)C1CCOc2ccccc21. The van der Waals surface area contributed by atoms with Crippen molar-refractivity contribution in [3.63, 3.8) is 0 Å². The number of hydrogen-bond donors (Lipinski definition) is 1. The van der Waals surface area contributed by atoms with Crippen LogP contribution in [0.1, 0.15) is 17.9 Å². The zero-order chi connectivity index (χ0) is 11.5. The zero-order valence-electron chi connectivity index (χ0n) is 9.05. The molecule has 1 heterocycles. The molecule has 0 spiro atoms. The van der Waals surface area contributed by atoms with Crippen LogP contribution in [0.25, 0.3) is 0 Å².